The lowest BCUT2D eigenvalue weighted by Gasteiger charge is -2.08. The lowest BCUT2D eigenvalue weighted by molar-refractivity contribution is -0.384. The van der Waals surface area contributed by atoms with Gasteiger partial charge in [-0.2, -0.15) is 0 Å². The van der Waals surface area contributed by atoms with E-state index >= 15 is 0 Å². The fourth-order valence-corrected chi connectivity index (χ4v) is 2.44. The number of rotatable bonds is 6. The molecule has 2 aromatic rings. The van der Waals surface area contributed by atoms with Crippen LogP contribution in [0.15, 0.2) is 45.9 Å². The minimum Gasteiger partial charge on any atom is -0.467 e. The summed E-state index contributed by atoms with van der Waals surface area (Å²) in [6.45, 7) is 0.256. The van der Waals surface area contributed by atoms with Crippen LogP contribution in [0, 0.1) is 10.1 Å². The highest BCUT2D eigenvalue weighted by atomic mass is 32.2. The van der Waals surface area contributed by atoms with E-state index in [1.165, 1.54) is 25.4 Å². The van der Waals surface area contributed by atoms with Crippen LogP contribution >= 0.6 is 0 Å². The van der Waals surface area contributed by atoms with Crippen LogP contribution in [-0.4, -0.2) is 20.4 Å². The zero-order valence-corrected chi connectivity index (χ0v) is 11.9. The molecule has 0 aliphatic heterocycles. The molecular formula is C12H13N3O5S. The second-order valence-corrected chi connectivity index (χ2v) is 5.96. The Hall–Kier alpha value is -2.39. The molecule has 0 saturated carbocycles. The maximum atomic E-state index is 11.7. The van der Waals surface area contributed by atoms with Gasteiger partial charge in [0.05, 0.1) is 22.6 Å². The van der Waals surface area contributed by atoms with Crippen molar-refractivity contribution in [1.82, 2.24) is 4.72 Å². The van der Waals surface area contributed by atoms with E-state index in [9.17, 15) is 18.5 Å². The molecule has 0 atom stereocenters. The van der Waals surface area contributed by atoms with Gasteiger partial charge in [-0.15, -0.1) is 0 Å². The first-order chi connectivity index (χ1) is 9.94. The molecule has 0 aliphatic rings. The van der Waals surface area contributed by atoms with E-state index in [1.54, 1.807) is 12.1 Å². The molecule has 2 N–H and O–H groups in total. The third-order valence-corrected chi connectivity index (χ3v) is 4.19. The van der Waals surface area contributed by atoms with Crippen molar-refractivity contribution in [1.29, 1.82) is 0 Å². The van der Waals surface area contributed by atoms with Crippen molar-refractivity contribution in [2.75, 3.05) is 12.4 Å². The summed E-state index contributed by atoms with van der Waals surface area (Å²) in [4.78, 5) is 10.3. The molecule has 0 bridgehead atoms. The molecule has 0 spiro atoms. The average Bonchev–Trinajstić information content (AvgIpc) is 2.98. The van der Waals surface area contributed by atoms with Gasteiger partial charge in [0.1, 0.15) is 11.4 Å². The summed E-state index contributed by atoms with van der Waals surface area (Å²) >= 11 is 0. The van der Waals surface area contributed by atoms with E-state index in [4.69, 9.17) is 4.42 Å². The van der Waals surface area contributed by atoms with Gasteiger partial charge in [0.2, 0.25) is 10.0 Å². The lowest BCUT2D eigenvalue weighted by Crippen LogP contribution is -2.18. The number of nitro groups is 1. The van der Waals surface area contributed by atoms with Crippen LogP contribution in [0.1, 0.15) is 5.76 Å². The van der Waals surface area contributed by atoms with Gasteiger partial charge in [0.15, 0.2) is 0 Å². The first-order valence-corrected chi connectivity index (χ1v) is 7.40. The monoisotopic (exact) mass is 311 g/mol. The molecule has 0 fully saturated rings. The molecule has 0 radical (unpaired) electrons. The van der Waals surface area contributed by atoms with Crippen LogP contribution in [0.4, 0.5) is 11.4 Å². The summed E-state index contributed by atoms with van der Waals surface area (Å²) in [7, 11) is -2.49. The van der Waals surface area contributed by atoms with Gasteiger partial charge in [0.25, 0.3) is 5.69 Å². The minimum atomic E-state index is -3.73. The van der Waals surface area contributed by atoms with E-state index in [1.807, 2.05) is 0 Å². The van der Waals surface area contributed by atoms with Crippen LogP contribution < -0.4 is 10.0 Å². The zero-order valence-electron chi connectivity index (χ0n) is 11.1. The predicted octanol–water partition coefficient (Wildman–Crippen LogP) is 1.71. The van der Waals surface area contributed by atoms with E-state index < -0.39 is 14.9 Å². The zero-order chi connectivity index (χ0) is 15.5. The molecule has 1 aromatic heterocycles. The third-order valence-electron chi connectivity index (χ3n) is 2.78. The molecule has 8 nitrogen and oxygen atoms in total. The van der Waals surface area contributed by atoms with Crippen LogP contribution in [0.3, 0.4) is 0 Å². The number of nitrogens with one attached hydrogen (secondary N) is 2. The first kappa shape index (κ1) is 15.0. The van der Waals surface area contributed by atoms with E-state index in [-0.39, 0.29) is 22.8 Å². The van der Waals surface area contributed by atoms with Crippen molar-refractivity contribution in [2.45, 2.75) is 11.4 Å². The number of anilines is 1. The van der Waals surface area contributed by atoms with Gasteiger partial charge >= 0.3 is 0 Å². The van der Waals surface area contributed by atoms with Gasteiger partial charge in [-0.25, -0.2) is 13.1 Å². The molecule has 21 heavy (non-hydrogen) atoms. The van der Waals surface area contributed by atoms with E-state index in [0.29, 0.717) is 5.76 Å². The van der Waals surface area contributed by atoms with Crippen molar-refractivity contribution >= 4 is 21.4 Å². The fourth-order valence-electron chi connectivity index (χ4n) is 1.69. The Labute approximate surface area is 121 Å². The number of benzene rings is 1. The van der Waals surface area contributed by atoms with Crippen LogP contribution in [0.5, 0.6) is 0 Å². The van der Waals surface area contributed by atoms with E-state index in [2.05, 4.69) is 10.0 Å². The number of hydrogen-bond acceptors (Lipinski definition) is 6. The van der Waals surface area contributed by atoms with Crippen molar-refractivity contribution in [3.05, 3.63) is 52.5 Å². The van der Waals surface area contributed by atoms with Gasteiger partial charge < -0.3 is 9.73 Å². The van der Waals surface area contributed by atoms with Crippen LogP contribution in [0.2, 0.25) is 0 Å². The Morgan fingerprint density at radius 3 is 2.67 bits per heavy atom. The molecule has 0 unspecified atom stereocenters. The quantitative estimate of drug-likeness (QED) is 0.620. The average molecular weight is 311 g/mol. The van der Waals surface area contributed by atoms with Gasteiger partial charge in [-0.1, -0.05) is 0 Å². The summed E-state index contributed by atoms with van der Waals surface area (Å²) in [5.41, 5.74) is -0.107. The molecular weight excluding hydrogens is 298 g/mol. The van der Waals surface area contributed by atoms with Crippen LogP contribution in [0.25, 0.3) is 0 Å². The Kier molecular flexibility index (Phi) is 4.24. The molecule has 0 amide bonds. The Bertz CT molecular complexity index is 740. The molecule has 0 aliphatic carbocycles. The lowest BCUT2D eigenvalue weighted by atomic mass is 10.2. The number of nitrogens with zero attached hydrogens (tertiary/aromatic N) is 1. The second-order valence-electron chi connectivity index (χ2n) is 4.08. The number of hydrogen-bond donors (Lipinski definition) is 2. The van der Waals surface area contributed by atoms with Gasteiger partial charge in [-0.3, -0.25) is 10.1 Å². The minimum absolute atomic E-state index is 0.166. The van der Waals surface area contributed by atoms with Crippen molar-refractivity contribution < 1.29 is 17.8 Å². The normalized spacial score (nSPS) is 11.3. The predicted molar refractivity (Wildman–Crippen MR) is 75.4 cm³/mol. The third kappa shape index (κ3) is 3.38. The maximum Gasteiger partial charge on any atom is 0.293 e. The summed E-state index contributed by atoms with van der Waals surface area (Å²) in [5, 5.41) is 13.9. The summed E-state index contributed by atoms with van der Waals surface area (Å²) in [5.74, 6) is 0.608. The molecule has 1 heterocycles. The Balaban J connectivity index is 2.31. The van der Waals surface area contributed by atoms with Crippen LogP contribution in [-0.2, 0) is 16.6 Å². The first-order valence-electron chi connectivity index (χ1n) is 5.92. The standard InChI is InChI=1S/C12H13N3O5S/c1-13-21(18,19)10-4-5-11(12(7-10)15(16)17)14-8-9-3-2-6-20-9/h2-7,13-14H,8H2,1H3. The topological polar surface area (TPSA) is 114 Å². The molecule has 2 rings (SSSR count). The molecule has 1 aromatic carbocycles. The summed E-state index contributed by atoms with van der Waals surface area (Å²) in [6, 6.07) is 7.08. The number of furan rings is 1. The van der Waals surface area contributed by atoms with Crippen molar-refractivity contribution in [3.8, 4) is 0 Å². The van der Waals surface area contributed by atoms with Crippen molar-refractivity contribution in [3.63, 3.8) is 0 Å². The fraction of sp³-hybridized carbons (Fsp3) is 0.167. The molecule has 9 heteroatoms. The number of sulfonamides is 1. The SMILES string of the molecule is CNS(=O)(=O)c1ccc(NCc2ccco2)c([N+](=O)[O-])c1. The Morgan fingerprint density at radius 1 is 1.33 bits per heavy atom. The highest BCUT2D eigenvalue weighted by Gasteiger charge is 2.20. The highest BCUT2D eigenvalue weighted by molar-refractivity contribution is 7.89. The van der Waals surface area contributed by atoms with Crippen molar-refractivity contribution in [2.24, 2.45) is 0 Å². The second kappa shape index (κ2) is 5.94. The summed E-state index contributed by atoms with van der Waals surface area (Å²) < 4.78 is 30.5. The maximum absolute atomic E-state index is 11.7. The van der Waals surface area contributed by atoms with Gasteiger partial charge in [-0.05, 0) is 31.3 Å². The smallest absolute Gasteiger partial charge is 0.293 e. The molecule has 0 saturated heterocycles. The van der Waals surface area contributed by atoms with Gasteiger partial charge in [0, 0.05) is 6.07 Å². The highest BCUT2D eigenvalue weighted by Crippen LogP contribution is 2.27. The van der Waals surface area contributed by atoms with E-state index in [0.717, 1.165) is 6.07 Å². The molecule has 112 valence electrons. The largest absolute Gasteiger partial charge is 0.467 e. The Morgan fingerprint density at radius 2 is 2.10 bits per heavy atom. The number of nitro benzene ring substituents is 1. The summed E-state index contributed by atoms with van der Waals surface area (Å²) in [6.07, 6.45) is 1.49.